The number of aliphatic carboxylic acids is 1. The number of hydrogen-bond acceptors (Lipinski definition) is 3. The molecule has 0 bridgehead atoms. The van der Waals surface area contributed by atoms with Gasteiger partial charge >= 0.3 is 12.0 Å². The predicted molar refractivity (Wildman–Crippen MR) is 69.2 cm³/mol. The maximum absolute atomic E-state index is 11.7. The summed E-state index contributed by atoms with van der Waals surface area (Å²) in [7, 11) is 1.60. The lowest BCUT2D eigenvalue weighted by Crippen LogP contribution is -2.46. The topological polar surface area (TPSA) is 69.6 Å². The van der Waals surface area contributed by atoms with Crippen LogP contribution in [0.5, 0.6) is 0 Å². The number of thiophene rings is 1. The Morgan fingerprint density at radius 2 is 2.39 bits per heavy atom. The number of terminal acetylenes is 1. The normalized spacial score (nSPS) is 11.3. The minimum Gasteiger partial charge on any atom is -0.480 e. The molecule has 1 unspecified atom stereocenters. The zero-order chi connectivity index (χ0) is 13.5. The van der Waals surface area contributed by atoms with E-state index in [1.54, 1.807) is 18.4 Å². The second-order valence-corrected chi connectivity index (χ2v) is 4.52. The first-order valence-electron chi connectivity index (χ1n) is 5.23. The number of hydrogen-bond donors (Lipinski definition) is 2. The molecular weight excluding hydrogens is 252 g/mol. The quantitative estimate of drug-likeness (QED) is 0.791. The van der Waals surface area contributed by atoms with E-state index in [-0.39, 0.29) is 6.42 Å². The average Bonchev–Trinajstić information content (AvgIpc) is 2.80. The molecule has 0 saturated heterocycles. The van der Waals surface area contributed by atoms with Gasteiger partial charge in [0.1, 0.15) is 6.04 Å². The summed E-state index contributed by atoms with van der Waals surface area (Å²) in [5, 5.41) is 15.1. The molecule has 1 aromatic heterocycles. The number of carbonyl (C=O) groups is 2. The maximum Gasteiger partial charge on any atom is 0.327 e. The molecular formula is C12H14N2O3S. The molecule has 18 heavy (non-hydrogen) atoms. The van der Waals surface area contributed by atoms with Crippen LogP contribution in [0.25, 0.3) is 0 Å². The zero-order valence-corrected chi connectivity index (χ0v) is 10.7. The van der Waals surface area contributed by atoms with Crippen molar-refractivity contribution in [2.45, 2.75) is 19.0 Å². The van der Waals surface area contributed by atoms with Crippen molar-refractivity contribution in [2.24, 2.45) is 0 Å². The lowest BCUT2D eigenvalue weighted by atomic mass is 10.2. The van der Waals surface area contributed by atoms with Crippen LogP contribution in [0.1, 0.15) is 12.0 Å². The Morgan fingerprint density at radius 3 is 2.89 bits per heavy atom. The fourth-order valence-electron chi connectivity index (χ4n) is 1.31. The molecule has 1 atom stereocenters. The second-order valence-electron chi connectivity index (χ2n) is 3.74. The van der Waals surface area contributed by atoms with Crippen molar-refractivity contribution in [2.75, 3.05) is 7.05 Å². The Hall–Kier alpha value is -2.00. The molecule has 5 nitrogen and oxygen atoms in total. The van der Waals surface area contributed by atoms with Crippen molar-refractivity contribution in [3.8, 4) is 12.3 Å². The summed E-state index contributed by atoms with van der Waals surface area (Å²) in [6, 6.07) is 0.404. The van der Waals surface area contributed by atoms with Gasteiger partial charge in [0.05, 0.1) is 0 Å². The molecule has 96 valence electrons. The minimum absolute atomic E-state index is 0.0344. The fourth-order valence-corrected chi connectivity index (χ4v) is 1.97. The van der Waals surface area contributed by atoms with Crippen LogP contribution in [0.4, 0.5) is 4.79 Å². The molecule has 1 rings (SSSR count). The van der Waals surface area contributed by atoms with Gasteiger partial charge in [0.15, 0.2) is 0 Å². The van der Waals surface area contributed by atoms with Crippen LogP contribution in [0, 0.1) is 12.3 Å². The number of carbonyl (C=O) groups excluding carboxylic acids is 1. The molecule has 6 heteroatoms. The fraction of sp³-hybridized carbons (Fsp3) is 0.333. The van der Waals surface area contributed by atoms with Gasteiger partial charge in [-0.2, -0.15) is 11.3 Å². The number of rotatable bonds is 5. The molecule has 1 heterocycles. The molecule has 0 aliphatic carbocycles. The smallest absolute Gasteiger partial charge is 0.327 e. The molecule has 2 amide bonds. The standard InChI is InChI=1S/C12H14N2O3S/c1-3-4-10(11(15)16)13-12(17)14(2)7-9-5-6-18-8-9/h1,5-6,8,10H,4,7H2,2H3,(H,13,17)(H,15,16). The number of nitrogens with one attached hydrogen (secondary N) is 1. The van der Waals surface area contributed by atoms with E-state index in [9.17, 15) is 9.59 Å². The summed E-state index contributed by atoms with van der Waals surface area (Å²) in [6.07, 6.45) is 5.02. The number of carboxylic acids is 1. The second kappa shape index (κ2) is 6.67. The number of carboxylic acid groups (broad SMARTS) is 1. The van der Waals surface area contributed by atoms with Crippen LogP contribution in [0.3, 0.4) is 0 Å². The molecule has 0 fully saturated rings. The van der Waals surface area contributed by atoms with Gasteiger partial charge < -0.3 is 15.3 Å². The van der Waals surface area contributed by atoms with Crippen LogP contribution in [0.15, 0.2) is 16.8 Å². The highest BCUT2D eigenvalue weighted by molar-refractivity contribution is 7.07. The summed E-state index contributed by atoms with van der Waals surface area (Å²) in [5.74, 6) is 1.09. The van der Waals surface area contributed by atoms with Crippen LogP contribution in [0.2, 0.25) is 0 Å². The Balaban J connectivity index is 2.53. The van der Waals surface area contributed by atoms with Crippen molar-refractivity contribution in [3.05, 3.63) is 22.4 Å². The Kier molecular flexibility index (Phi) is 5.21. The van der Waals surface area contributed by atoms with Crippen LogP contribution < -0.4 is 5.32 Å². The molecule has 0 saturated carbocycles. The van der Waals surface area contributed by atoms with Gasteiger partial charge in [-0.05, 0) is 22.4 Å². The Bertz CT molecular complexity index is 450. The Morgan fingerprint density at radius 1 is 1.67 bits per heavy atom. The van der Waals surface area contributed by atoms with Gasteiger partial charge in [-0.25, -0.2) is 9.59 Å². The highest BCUT2D eigenvalue weighted by Crippen LogP contribution is 2.08. The van der Waals surface area contributed by atoms with E-state index in [2.05, 4.69) is 11.2 Å². The van der Waals surface area contributed by atoms with Gasteiger partial charge in [0.25, 0.3) is 0 Å². The van der Waals surface area contributed by atoms with E-state index in [1.807, 2.05) is 16.8 Å². The molecule has 0 aliphatic heterocycles. The first-order valence-corrected chi connectivity index (χ1v) is 6.18. The van der Waals surface area contributed by atoms with Crippen LogP contribution in [-0.4, -0.2) is 35.1 Å². The van der Waals surface area contributed by atoms with Crippen molar-refractivity contribution in [3.63, 3.8) is 0 Å². The van der Waals surface area contributed by atoms with Gasteiger partial charge in [0, 0.05) is 20.0 Å². The van der Waals surface area contributed by atoms with Gasteiger partial charge in [-0.1, -0.05) is 0 Å². The summed E-state index contributed by atoms with van der Waals surface area (Å²) in [6.45, 7) is 0.428. The molecule has 0 aromatic carbocycles. The van der Waals surface area contributed by atoms with Crippen molar-refractivity contribution in [1.82, 2.24) is 10.2 Å². The first-order chi connectivity index (χ1) is 8.54. The SMILES string of the molecule is C#CCC(NC(=O)N(C)Cc1ccsc1)C(=O)O. The van der Waals surface area contributed by atoms with Gasteiger partial charge in [-0.3, -0.25) is 0 Å². The monoisotopic (exact) mass is 266 g/mol. The molecule has 0 spiro atoms. The summed E-state index contributed by atoms with van der Waals surface area (Å²) >= 11 is 1.54. The summed E-state index contributed by atoms with van der Waals surface area (Å²) < 4.78 is 0. The van der Waals surface area contributed by atoms with E-state index >= 15 is 0 Å². The molecule has 2 N–H and O–H groups in total. The minimum atomic E-state index is -1.13. The lowest BCUT2D eigenvalue weighted by Gasteiger charge is -2.20. The highest BCUT2D eigenvalue weighted by atomic mass is 32.1. The van der Waals surface area contributed by atoms with E-state index in [0.717, 1.165) is 5.56 Å². The molecule has 1 aromatic rings. The van der Waals surface area contributed by atoms with E-state index in [1.165, 1.54) is 4.90 Å². The van der Waals surface area contributed by atoms with Gasteiger partial charge in [-0.15, -0.1) is 12.3 Å². The van der Waals surface area contributed by atoms with Crippen molar-refractivity contribution >= 4 is 23.3 Å². The largest absolute Gasteiger partial charge is 0.480 e. The first kappa shape index (κ1) is 14.1. The van der Waals surface area contributed by atoms with Gasteiger partial charge in [0.2, 0.25) is 0 Å². The third-order valence-electron chi connectivity index (χ3n) is 2.26. The van der Waals surface area contributed by atoms with Crippen LogP contribution >= 0.6 is 11.3 Å². The molecule has 0 aliphatic rings. The zero-order valence-electron chi connectivity index (χ0n) is 9.92. The Labute approximate surface area is 109 Å². The van der Waals surface area contributed by atoms with Crippen LogP contribution in [-0.2, 0) is 11.3 Å². The van der Waals surface area contributed by atoms with E-state index in [0.29, 0.717) is 6.54 Å². The third-order valence-corrected chi connectivity index (χ3v) is 3.00. The van der Waals surface area contributed by atoms with E-state index < -0.39 is 18.0 Å². The number of amides is 2. The molecule has 0 radical (unpaired) electrons. The summed E-state index contributed by atoms with van der Waals surface area (Å²) in [4.78, 5) is 24.0. The maximum atomic E-state index is 11.7. The number of nitrogens with zero attached hydrogens (tertiary/aromatic N) is 1. The average molecular weight is 266 g/mol. The number of urea groups is 1. The lowest BCUT2D eigenvalue weighted by molar-refractivity contribution is -0.139. The van der Waals surface area contributed by atoms with Crippen molar-refractivity contribution < 1.29 is 14.7 Å². The third kappa shape index (κ3) is 4.11. The summed E-state index contributed by atoms with van der Waals surface area (Å²) in [5.41, 5.74) is 1.00. The van der Waals surface area contributed by atoms with Crippen molar-refractivity contribution in [1.29, 1.82) is 0 Å². The highest BCUT2D eigenvalue weighted by Gasteiger charge is 2.20. The van der Waals surface area contributed by atoms with E-state index in [4.69, 9.17) is 11.5 Å². The predicted octanol–water partition coefficient (Wildman–Crippen LogP) is 1.37.